The van der Waals surface area contributed by atoms with E-state index in [1.807, 2.05) is 13.8 Å². The molecule has 0 saturated carbocycles. The Morgan fingerprint density at radius 2 is 2.23 bits per heavy atom. The van der Waals surface area contributed by atoms with Crippen molar-refractivity contribution >= 4 is 11.7 Å². The van der Waals surface area contributed by atoms with E-state index in [1.54, 1.807) is 0 Å². The smallest absolute Gasteiger partial charge is 0.291 e. The fraction of sp³-hybridized carbons (Fsp3) is 0.500. The van der Waals surface area contributed by atoms with Gasteiger partial charge in [-0.25, -0.2) is 0 Å². The largest absolute Gasteiger partial charge is 0.512 e. The minimum Gasteiger partial charge on any atom is -0.512 e. The van der Waals surface area contributed by atoms with Crippen LogP contribution in [0.1, 0.15) is 32.7 Å². The van der Waals surface area contributed by atoms with Gasteiger partial charge in [-0.15, -0.1) is 0 Å². The van der Waals surface area contributed by atoms with Crippen LogP contribution < -0.4 is 5.32 Å². The highest BCUT2D eigenvalue weighted by molar-refractivity contribution is 5.98. The molecule has 10 nitrogen and oxygen atoms in total. The fourth-order valence-electron chi connectivity index (χ4n) is 2.84. The molecule has 0 aromatic carbocycles. The van der Waals surface area contributed by atoms with Crippen molar-refractivity contribution < 1.29 is 14.8 Å². The molecule has 3 rings (SSSR count). The van der Waals surface area contributed by atoms with E-state index >= 15 is 0 Å². The number of anilines is 1. The number of nitrogens with zero attached hydrogens (tertiary/aromatic N) is 5. The summed E-state index contributed by atoms with van der Waals surface area (Å²) in [6.45, 7) is 3.71. The summed E-state index contributed by atoms with van der Waals surface area (Å²) < 4.78 is 1.14. The molecule has 0 bridgehead atoms. The molecule has 0 fully saturated rings. The molecule has 116 valence electrons. The van der Waals surface area contributed by atoms with Gasteiger partial charge in [-0.2, -0.15) is 4.68 Å². The number of ketones is 1. The van der Waals surface area contributed by atoms with Crippen LogP contribution >= 0.6 is 0 Å². The number of rotatable bonds is 2. The summed E-state index contributed by atoms with van der Waals surface area (Å²) >= 11 is 0. The first-order valence-corrected chi connectivity index (χ1v) is 6.64. The molecule has 0 saturated heterocycles. The topological polar surface area (TPSA) is 136 Å². The van der Waals surface area contributed by atoms with Gasteiger partial charge in [-0.05, 0) is 15.8 Å². The molecular formula is C12H14N6O4. The summed E-state index contributed by atoms with van der Waals surface area (Å²) in [4.78, 5) is 23.1. The van der Waals surface area contributed by atoms with Crippen molar-refractivity contribution in [1.82, 2.24) is 20.2 Å². The first-order valence-electron chi connectivity index (χ1n) is 6.64. The maximum absolute atomic E-state index is 12.4. The van der Waals surface area contributed by atoms with Gasteiger partial charge in [0.1, 0.15) is 5.76 Å². The molecular weight excluding hydrogens is 292 g/mol. The summed E-state index contributed by atoms with van der Waals surface area (Å²) in [7, 11) is 0. The van der Waals surface area contributed by atoms with E-state index in [0.29, 0.717) is 0 Å². The number of hydrogen-bond acceptors (Lipinski definition) is 8. The van der Waals surface area contributed by atoms with Gasteiger partial charge in [0.2, 0.25) is 5.95 Å². The molecule has 22 heavy (non-hydrogen) atoms. The summed E-state index contributed by atoms with van der Waals surface area (Å²) in [6, 6.07) is -1.13. The Balaban J connectivity index is 2.15. The quantitative estimate of drug-likeness (QED) is 0.609. The van der Waals surface area contributed by atoms with E-state index in [4.69, 9.17) is 0 Å². The van der Waals surface area contributed by atoms with E-state index in [1.165, 1.54) is 0 Å². The Hall–Kier alpha value is -2.78. The van der Waals surface area contributed by atoms with Crippen LogP contribution in [-0.2, 0) is 4.79 Å². The highest BCUT2D eigenvalue weighted by Gasteiger charge is 2.44. The number of allylic oxidation sites excluding steroid dienone is 2. The third-order valence-corrected chi connectivity index (χ3v) is 3.75. The lowest BCUT2D eigenvalue weighted by atomic mass is 9.74. The zero-order chi connectivity index (χ0) is 16.1. The number of tetrazole rings is 1. The predicted molar refractivity (Wildman–Crippen MR) is 73.2 cm³/mol. The predicted octanol–water partition coefficient (Wildman–Crippen LogP) is 0.959. The Morgan fingerprint density at radius 3 is 2.86 bits per heavy atom. The molecule has 0 amide bonds. The minimum absolute atomic E-state index is 0.0164. The summed E-state index contributed by atoms with van der Waals surface area (Å²) in [5, 5.41) is 35.0. The molecule has 0 radical (unpaired) electrons. The van der Waals surface area contributed by atoms with E-state index in [-0.39, 0.29) is 47.0 Å². The first-order chi connectivity index (χ1) is 10.3. The lowest BCUT2D eigenvalue weighted by Gasteiger charge is -2.32. The zero-order valence-corrected chi connectivity index (χ0v) is 12.0. The second-order valence-corrected chi connectivity index (χ2v) is 6.12. The number of Topliss-reactive ketones (excluding diaryl/α,β-unsaturated/α-hetero) is 1. The van der Waals surface area contributed by atoms with Crippen LogP contribution in [0.3, 0.4) is 0 Å². The third kappa shape index (κ3) is 2.12. The molecule has 1 unspecified atom stereocenters. The number of hydrogen-bond donors (Lipinski definition) is 2. The van der Waals surface area contributed by atoms with Crippen LogP contribution in [0.4, 0.5) is 5.95 Å². The molecule has 1 aromatic rings. The van der Waals surface area contributed by atoms with E-state index in [9.17, 15) is 20.0 Å². The Labute approximate surface area is 124 Å². The first kappa shape index (κ1) is 14.2. The maximum Gasteiger partial charge on any atom is 0.291 e. The summed E-state index contributed by atoms with van der Waals surface area (Å²) in [5.74, 6) is -0.314. The molecule has 1 aromatic heterocycles. The number of aliphatic hydroxyl groups is 1. The molecule has 10 heteroatoms. The zero-order valence-electron chi connectivity index (χ0n) is 12.0. The number of nitrogens with one attached hydrogen (secondary N) is 1. The maximum atomic E-state index is 12.4. The molecule has 1 atom stereocenters. The van der Waals surface area contributed by atoms with Gasteiger partial charge in [0.05, 0.1) is 16.7 Å². The number of carbonyl (C=O) groups excluding carboxylic acids is 1. The van der Waals surface area contributed by atoms with E-state index in [0.717, 1.165) is 10.9 Å². The number of nitro groups is 1. The molecule has 1 aliphatic heterocycles. The van der Waals surface area contributed by atoms with Crippen molar-refractivity contribution in [2.75, 3.05) is 5.32 Å². The van der Waals surface area contributed by atoms with Gasteiger partial charge >= 0.3 is 0 Å². The van der Waals surface area contributed by atoms with Crippen LogP contribution in [0.15, 0.2) is 23.2 Å². The minimum atomic E-state index is -1.13. The van der Waals surface area contributed by atoms with Crippen LogP contribution in [0.2, 0.25) is 0 Å². The van der Waals surface area contributed by atoms with Crippen molar-refractivity contribution in [2.24, 2.45) is 5.41 Å². The van der Waals surface area contributed by atoms with Crippen molar-refractivity contribution in [1.29, 1.82) is 0 Å². The molecule has 1 aliphatic carbocycles. The van der Waals surface area contributed by atoms with Crippen molar-refractivity contribution in [3.63, 3.8) is 0 Å². The average molecular weight is 306 g/mol. The second-order valence-electron chi connectivity index (χ2n) is 6.12. The normalized spacial score (nSPS) is 23.6. The van der Waals surface area contributed by atoms with Crippen LogP contribution in [0.5, 0.6) is 0 Å². The fourth-order valence-corrected chi connectivity index (χ4v) is 2.84. The molecule has 2 heterocycles. The van der Waals surface area contributed by atoms with Gasteiger partial charge in [0.15, 0.2) is 11.8 Å². The van der Waals surface area contributed by atoms with Crippen molar-refractivity contribution in [3.8, 4) is 0 Å². The van der Waals surface area contributed by atoms with E-state index in [2.05, 4.69) is 20.8 Å². The summed E-state index contributed by atoms with van der Waals surface area (Å²) in [5.41, 5.74) is -0.703. The third-order valence-electron chi connectivity index (χ3n) is 3.75. The Bertz CT molecular complexity index is 732. The molecule has 2 N–H and O–H groups in total. The van der Waals surface area contributed by atoms with Gasteiger partial charge < -0.3 is 10.4 Å². The molecule has 2 aliphatic rings. The number of aromatic nitrogens is 4. The van der Waals surface area contributed by atoms with Gasteiger partial charge in [0, 0.05) is 12.8 Å². The van der Waals surface area contributed by atoms with Crippen LogP contribution in [0.25, 0.3) is 0 Å². The Morgan fingerprint density at radius 1 is 1.50 bits per heavy atom. The Kier molecular flexibility index (Phi) is 2.97. The number of fused-ring (bicyclic) bond motifs is 1. The lowest BCUT2D eigenvalue weighted by molar-refractivity contribution is -0.431. The van der Waals surface area contributed by atoms with Crippen LogP contribution in [0, 0.1) is 15.5 Å². The summed E-state index contributed by atoms with van der Waals surface area (Å²) in [6.07, 6.45) is 1.60. The highest BCUT2D eigenvalue weighted by Crippen LogP contribution is 2.42. The second kappa shape index (κ2) is 4.61. The van der Waals surface area contributed by atoms with Crippen LogP contribution in [-0.4, -0.2) is 36.0 Å². The average Bonchev–Trinajstić information content (AvgIpc) is 2.84. The lowest BCUT2D eigenvalue weighted by Crippen LogP contribution is -2.34. The monoisotopic (exact) mass is 306 g/mol. The van der Waals surface area contributed by atoms with Crippen molar-refractivity contribution in [2.45, 2.75) is 32.7 Å². The standard InChI is InChI=1S/C12H14N6O4/c1-12(2)3-7(19)9(8(20)4-12)10-6(18(21)22)5-13-11-14-15-16-17(10)11/h5,10,19H,3-4H2,1-2H3,(H,13,14,16). The SMILES string of the molecule is CC1(C)CC(=O)C(C2C([N+](=O)[O-])=CNc3nnnn32)=C(O)C1. The van der Waals surface area contributed by atoms with E-state index < -0.39 is 11.0 Å². The van der Waals surface area contributed by atoms with Gasteiger partial charge in [0.25, 0.3) is 5.70 Å². The molecule has 0 spiro atoms. The van der Waals surface area contributed by atoms with Crippen molar-refractivity contribution in [3.05, 3.63) is 33.3 Å². The highest BCUT2D eigenvalue weighted by atomic mass is 16.6. The van der Waals surface area contributed by atoms with Gasteiger partial charge in [-0.1, -0.05) is 18.9 Å². The number of carbonyl (C=O) groups is 1. The number of aliphatic hydroxyl groups excluding tert-OH is 1. The van der Waals surface area contributed by atoms with Gasteiger partial charge in [-0.3, -0.25) is 14.9 Å².